The van der Waals surface area contributed by atoms with Gasteiger partial charge in [0.1, 0.15) is 5.82 Å². The number of nitrogens with two attached hydrogens (primary N) is 1. The summed E-state index contributed by atoms with van der Waals surface area (Å²) >= 11 is 5.73. The number of anilines is 3. The Labute approximate surface area is 126 Å². The van der Waals surface area contributed by atoms with Gasteiger partial charge in [-0.2, -0.15) is 0 Å². The van der Waals surface area contributed by atoms with Crippen molar-refractivity contribution in [2.24, 2.45) is 0 Å². The van der Waals surface area contributed by atoms with E-state index in [4.69, 9.17) is 22.1 Å². The lowest BCUT2D eigenvalue weighted by molar-refractivity contribution is 0.0527. The summed E-state index contributed by atoms with van der Waals surface area (Å²) in [7, 11) is 0. The molecule has 0 aromatic heterocycles. The Hall–Kier alpha value is -2.27. The molecule has 0 spiro atoms. The van der Waals surface area contributed by atoms with Crippen LogP contribution in [-0.4, -0.2) is 12.6 Å². The van der Waals surface area contributed by atoms with Gasteiger partial charge in [0.15, 0.2) is 0 Å². The van der Waals surface area contributed by atoms with E-state index in [1.807, 2.05) is 0 Å². The number of hydrogen-bond donors (Lipinski definition) is 2. The molecule has 0 fully saturated rings. The van der Waals surface area contributed by atoms with E-state index >= 15 is 0 Å². The molecule has 110 valence electrons. The van der Waals surface area contributed by atoms with Crippen molar-refractivity contribution >= 4 is 34.6 Å². The molecule has 6 heteroatoms. The maximum atomic E-state index is 13.1. The molecule has 0 saturated heterocycles. The van der Waals surface area contributed by atoms with Crippen molar-refractivity contribution < 1.29 is 13.9 Å². The van der Waals surface area contributed by atoms with Gasteiger partial charge in [-0.3, -0.25) is 0 Å². The quantitative estimate of drug-likeness (QED) is 0.662. The van der Waals surface area contributed by atoms with Crippen LogP contribution in [0.1, 0.15) is 17.3 Å². The van der Waals surface area contributed by atoms with E-state index in [0.717, 1.165) is 0 Å². The summed E-state index contributed by atoms with van der Waals surface area (Å²) in [5.74, 6) is -0.995. The molecule has 0 saturated carbocycles. The molecule has 2 aromatic carbocycles. The van der Waals surface area contributed by atoms with Gasteiger partial charge in [0, 0.05) is 11.4 Å². The minimum Gasteiger partial charge on any atom is -0.462 e. The Morgan fingerprint density at radius 3 is 2.76 bits per heavy atom. The maximum Gasteiger partial charge on any atom is 0.340 e. The Bertz CT molecular complexity index is 677. The molecule has 0 radical (unpaired) electrons. The first-order valence-electron chi connectivity index (χ1n) is 6.30. The molecule has 0 unspecified atom stereocenters. The third-order valence-electron chi connectivity index (χ3n) is 2.74. The van der Waals surface area contributed by atoms with Crippen LogP contribution in [0.15, 0.2) is 36.4 Å². The van der Waals surface area contributed by atoms with Gasteiger partial charge in [0.2, 0.25) is 0 Å². The number of nitrogens with one attached hydrogen (secondary N) is 1. The normalized spacial score (nSPS) is 10.2. The second kappa shape index (κ2) is 6.45. The third-order valence-corrected chi connectivity index (χ3v) is 3.03. The number of hydrogen-bond acceptors (Lipinski definition) is 4. The van der Waals surface area contributed by atoms with Gasteiger partial charge in [0.05, 0.1) is 22.9 Å². The average Bonchev–Trinajstić information content (AvgIpc) is 2.45. The molecule has 0 aliphatic rings. The second-order valence-corrected chi connectivity index (χ2v) is 4.69. The highest BCUT2D eigenvalue weighted by atomic mass is 35.5. The number of carbonyl (C=O) groups excluding carboxylic acids is 1. The number of ether oxygens (including phenoxy) is 1. The molecule has 3 N–H and O–H groups in total. The van der Waals surface area contributed by atoms with Gasteiger partial charge in [-0.1, -0.05) is 11.6 Å². The van der Waals surface area contributed by atoms with Gasteiger partial charge in [-0.25, -0.2) is 9.18 Å². The first kappa shape index (κ1) is 15.1. The lowest BCUT2D eigenvalue weighted by Crippen LogP contribution is -2.08. The zero-order valence-electron chi connectivity index (χ0n) is 11.3. The lowest BCUT2D eigenvalue weighted by Gasteiger charge is -2.12. The standard InChI is InChI=1S/C15H14ClFN2O2/c1-2-21-15(20)11-7-9(18)3-6-14(11)19-10-4-5-13(17)12(16)8-10/h3-8,19H,2,18H2,1H3. The van der Waals surface area contributed by atoms with Crippen molar-refractivity contribution in [1.29, 1.82) is 0 Å². The van der Waals surface area contributed by atoms with Crippen LogP contribution in [0.5, 0.6) is 0 Å². The number of nitrogen functional groups attached to an aromatic ring is 1. The van der Waals surface area contributed by atoms with Crippen molar-refractivity contribution in [2.45, 2.75) is 6.92 Å². The predicted molar refractivity (Wildman–Crippen MR) is 81.5 cm³/mol. The van der Waals surface area contributed by atoms with E-state index in [1.165, 1.54) is 24.3 Å². The van der Waals surface area contributed by atoms with Gasteiger partial charge in [0.25, 0.3) is 0 Å². The predicted octanol–water partition coefficient (Wildman–Crippen LogP) is 3.98. The van der Waals surface area contributed by atoms with E-state index in [-0.39, 0.29) is 11.6 Å². The summed E-state index contributed by atoms with van der Waals surface area (Å²) in [6.45, 7) is 1.98. The van der Waals surface area contributed by atoms with E-state index in [9.17, 15) is 9.18 Å². The fourth-order valence-corrected chi connectivity index (χ4v) is 1.96. The van der Waals surface area contributed by atoms with Crippen LogP contribution in [0.2, 0.25) is 5.02 Å². The third kappa shape index (κ3) is 3.64. The largest absolute Gasteiger partial charge is 0.462 e. The number of benzene rings is 2. The Kier molecular flexibility index (Phi) is 4.65. The fourth-order valence-electron chi connectivity index (χ4n) is 1.78. The van der Waals surface area contributed by atoms with E-state index in [1.54, 1.807) is 19.1 Å². The highest BCUT2D eigenvalue weighted by molar-refractivity contribution is 6.31. The summed E-state index contributed by atoms with van der Waals surface area (Å²) in [5, 5.41) is 2.99. The molecule has 0 heterocycles. The number of esters is 1. The smallest absolute Gasteiger partial charge is 0.340 e. The minimum absolute atomic E-state index is 0.00636. The Morgan fingerprint density at radius 2 is 2.10 bits per heavy atom. The van der Waals surface area contributed by atoms with Crippen molar-refractivity contribution in [2.75, 3.05) is 17.7 Å². The Balaban J connectivity index is 2.34. The summed E-state index contributed by atoms with van der Waals surface area (Å²) < 4.78 is 18.1. The van der Waals surface area contributed by atoms with E-state index in [0.29, 0.717) is 22.6 Å². The van der Waals surface area contributed by atoms with Crippen molar-refractivity contribution in [1.82, 2.24) is 0 Å². The van der Waals surface area contributed by atoms with Crippen molar-refractivity contribution in [3.63, 3.8) is 0 Å². The first-order chi connectivity index (χ1) is 10.0. The first-order valence-corrected chi connectivity index (χ1v) is 6.67. The number of rotatable bonds is 4. The molecule has 0 amide bonds. The van der Waals surface area contributed by atoms with Crippen LogP contribution in [0, 0.1) is 5.82 Å². The van der Waals surface area contributed by atoms with Crippen LogP contribution in [-0.2, 0) is 4.74 Å². The molecule has 21 heavy (non-hydrogen) atoms. The summed E-state index contributed by atoms with van der Waals surface area (Å²) in [5.41, 5.74) is 7.50. The highest BCUT2D eigenvalue weighted by Gasteiger charge is 2.13. The lowest BCUT2D eigenvalue weighted by atomic mass is 10.1. The summed E-state index contributed by atoms with van der Waals surface area (Å²) in [4.78, 5) is 11.9. The topological polar surface area (TPSA) is 64.3 Å². The van der Waals surface area contributed by atoms with Crippen LogP contribution in [0.4, 0.5) is 21.5 Å². The SMILES string of the molecule is CCOC(=O)c1cc(N)ccc1Nc1ccc(F)c(Cl)c1. The molecule has 0 aliphatic heterocycles. The number of halogens is 2. The van der Waals surface area contributed by atoms with Crippen LogP contribution < -0.4 is 11.1 Å². The number of carbonyl (C=O) groups is 1. The fraction of sp³-hybridized carbons (Fsp3) is 0.133. The molecule has 2 rings (SSSR count). The van der Waals surface area contributed by atoms with Gasteiger partial charge in [-0.15, -0.1) is 0 Å². The molecule has 0 atom stereocenters. The van der Waals surface area contributed by atoms with E-state index in [2.05, 4.69) is 5.32 Å². The molecular weight excluding hydrogens is 295 g/mol. The monoisotopic (exact) mass is 308 g/mol. The van der Waals surface area contributed by atoms with Crippen molar-refractivity contribution in [3.8, 4) is 0 Å². The molecular formula is C15H14ClFN2O2. The molecule has 0 bridgehead atoms. The van der Waals surface area contributed by atoms with Gasteiger partial charge >= 0.3 is 5.97 Å². The summed E-state index contributed by atoms with van der Waals surface area (Å²) in [6.07, 6.45) is 0. The minimum atomic E-state index is -0.509. The molecule has 0 aliphatic carbocycles. The van der Waals surface area contributed by atoms with Gasteiger partial charge < -0.3 is 15.8 Å². The molecule has 4 nitrogen and oxygen atoms in total. The van der Waals surface area contributed by atoms with Crippen molar-refractivity contribution in [3.05, 3.63) is 52.8 Å². The van der Waals surface area contributed by atoms with Crippen LogP contribution >= 0.6 is 11.6 Å². The zero-order valence-corrected chi connectivity index (χ0v) is 12.1. The zero-order chi connectivity index (χ0) is 15.4. The maximum absolute atomic E-state index is 13.1. The Morgan fingerprint density at radius 1 is 1.33 bits per heavy atom. The van der Waals surface area contributed by atoms with Crippen LogP contribution in [0.3, 0.4) is 0 Å². The summed E-state index contributed by atoms with van der Waals surface area (Å²) in [6, 6.07) is 9.02. The molecule has 2 aromatic rings. The average molecular weight is 309 g/mol. The second-order valence-electron chi connectivity index (χ2n) is 4.28. The highest BCUT2D eigenvalue weighted by Crippen LogP contribution is 2.26. The van der Waals surface area contributed by atoms with Crippen LogP contribution in [0.25, 0.3) is 0 Å². The van der Waals surface area contributed by atoms with E-state index < -0.39 is 11.8 Å². The van der Waals surface area contributed by atoms with Gasteiger partial charge in [-0.05, 0) is 43.3 Å².